The third kappa shape index (κ3) is 6.81. The van der Waals surface area contributed by atoms with Crippen LogP contribution in [0.25, 0.3) is 0 Å². The standard InChI is InChI=1S/C26H32ClN3O3/c1-16(2)23(30-24(31)18-11-9-17(3)10-12-18)26(33)29-20-13-14-22(27)21(15-20)25(32)28-19-7-5-4-6-8-19/h9-16,19,23H,4-8H2,1-3H3,(H,28,32)(H,29,33)(H,30,31). The average Bonchev–Trinajstić information content (AvgIpc) is 2.79. The molecule has 3 rings (SSSR count). The average molecular weight is 470 g/mol. The van der Waals surface area contributed by atoms with E-state index in [0.717, 1.165) is 31.2 Å². The van der Waals surface area contributed by atoms with E-state index >= 15 is 0 Å². The van der Waals surface area contributed by atoms with E-state index < -0.39 is 6.04 Å². The van der Waals surface area contributed by atoms with Crippen LogP contribution in [0.4, 0.5) is 5.69 Å². The van der Waals surface area contributed by atoms with Crippen LogP contribution >= 0.6 is 11.6 Å². The van der Waals surface area contributed by atoms with E-state index in [9.17, 15) is 14.4 Å². The topological polar surface area (TPSA) is 87.3 Å². The molecule has 1 aliphatic rings. The van der Waals surface area contributed by atoms with Gasteiger partial charge >= 0.3 is 0 Å². The maximum Gasteiger partial charge on any atom is 0.253 e. The lowest BCUT2D eigenvalue weighted by atomic mass is 9.95. The lowest BCUT2D eigenvalue weighted by Gasteiger charge is -2.23. The molecule has 176 valence electrons. The third-order valence-corrected chi connectivity index (χ3v) is 6.30. The molecule has 0 radical (unpaired) electrons. The second-order valence-corrected chi connectivity index (χ2v) is 9.46. The van der Waals surface area contributed by atoms with Crippen molar-refractivity contribution in [2.24, 2.45) is 5.92 Å². The predicted octanol–water partition coefficient (Wildman–Crippen LogP) is 5.10. The zero-order valence-electron chi connectivity index (χ0n) is 19.4. The van der Waals surface area contributed by atoms with Crippen molar-refractivity contribution in [1.29, 1.82) is 0 Å². The quantitative estimate of drug-likeness (QED) is 0.527. The van der Waals surface area contributed by atoms with Crippen molar-refractivity contribution in [3.05, 3.63) is 64.2 Å². The smallest absolute Gasteiger partial charge is 0.253 e. The Bertz CT molecular complexity index is 998. The molecule has 2 aromatic carbocycles. The van der Waals surface area contributed by atoms with Gasteiger partial charge in [-0.3, -0.25) is 14.4 Å². The number of anilines is 1. The maximum atomic E-state index is 13.0. The van der Waals surface area contributed by atoms with Crippen molar-refractivity contribution in [2.75, 3.05) is 5.32 Å². The van der Waals surface area contributed by atoms with Gasteiger partial charge in [0.05, 0.1) is 10.6 Å². The fraction of sp³-hybridized carbons (Fsp3) is 0.423. The summed E-state index contributed by atoms with van der Waals surface area (Å²) in [5.41, 5.74) is 2.32. The van der Waals surface area contributed by atoms with E-state index in [-0.39, 0.29) is 29.7 Å². The van der Waals surface area contributed by atoms with Crippen LogP contribution in [0, 0.1) is 12.8 Å². The third-order valence-electron chi connectivity index (χ3n) is 5.97. The SMILES string of the molecule is Cc1ccc(C(=O)NC(C(=O)Nc2ccc(Cl)c(C(=O)NC3CCCCC3)c2)C(C)C)cc1. The van der Waals surface area contributed by atoms with Crippen LogP contribution in [-0.4, -0.2) is 29.8 Å². The molecule has 0 saturated heterocycles. The number of nitrogens with one attached hydrogen (secondary N) is 3. The molecule has 1 saturated carbocycles. The van der Waals surface area contributed by atoms with Crippen molar-refractivity contribution in [1.82, 2.24) is 10.6 Å². The van der Waals surface area contributed by atoms with Crippen LogP contribution in [0.3, 0.4) is 0 Å². The molecule has 1 aliphatic carbocycles. The van der Waals surface area contributed by atoms with E-state index in [1.807, 2.05) is 32.9 Å². The summed E-state index contributed by atoms with van der Waals surface area (Å²) >= 11 is 6.28. The highest BCUT2D eigenvalue weighted by atomic mass is 35.5. The lowest BCUT2D eigenvalue weighted by Crippen LogP contribution is -2.47. The van der Waals surface area contributed by atoms with Gasteiger partial charge in [0.1, 0.15) is 6.04 Å². The Hall–Kier alpha value is -2.86. The van der Waals surface area contributed by atoms with Crippen LogP contribution in [0.2, 0.25) is 5.02 Å². The van der Waals surface area contributed by atoms with Crippen LogP contribution < -0.4 is 16.0 Å². The molecule has 1 unspecified atom stereocenters. The molecule has 0 heterocycles. The summed E-state index contributed by atoms with van der Waals surface area (Å²) in [6, 6.07) is 11.4. The van der Waals surface area contributed by atoms with Gasteiger partial charge < -0.3 is 16.0 Å². The Morgan fingerprint density at radius 2 is 1.61 bits per heavy atom. The number of hydrogen-bond acceptors (Lipinski definition) is 3. The molecule has 0 spiro atoms. The monoisotopic (exact) mass is 469 g/mol. The zero-order chi connectivity index (χ0) is 24.0. The molecule has 33 heavy (non-hydrogen) atoms. The van der Waals surface area contributed by atoms with Crippen molar-refractivity contribution < 1.29 is 14.4 Å². The first-order valence-electron chi connectivity index (χ1n) is 11.5. The first-order chi connectivity index (χ1) is 15.7. The minimum atomic E-state index is -0.742. The number of carbonyl (C=O) groups excluding carboxylic acids is 3. The van der Waals surface area contributed by atoms with E-state index in [1.54, 1.807) is 30.3 Å². The molecule has 0 aromatic heterocycles. The molecule has 0 bridgehead atoms. The Morgan fingerprint density at radius 1 is 0.939 bits per heavy atom. The molecular formula is C26H32ClN3O3. The molecule has 3 N–H and O–H groups in total. The minimum absolute atomic E-state index is 0.138. The number of rotatable bonds is 7. The summed E-state index contributed by atoms with van der Waals surface area (Å²) < 4.78 is 0. The first kappa shape index (κ1) is 24.8. The van der Waals surface area contributed by atoms with Gasteiger partial charge in [0.25, 0.3) is 11.8 Å². The predicted molar refractivity (Wildman–Crippen MR) is 132 cm³/mol. The normalized spacial score (nSPS) is 15.1. The van der Waals surface area contributed by atoms with E-state index in [4.69, 9.17) is 11.6 Å². The number of benzene rings is 2. The zero-order valence-corrected chi connectivity index (χ0v) is 20.2. The Morgan fingerprint density at radius 3 is 2.24 bits per heavy atom. The van der Waals surface area contributed by atoms with Crippen molar-refractivity contribution in [3.63, 3.8) is 0 Å². The first-order valence-corrected chi connectivity index (χ1v) is 11.9. The van der Waals surface area contributed by atoms with Gasteiger partial charge in [-0.1, -0.05) is 62.4 Å². The second kappa shape index (κ2) is 11.3. The summed E-state index contributed by atoms with van der Waals surface area (Å²) in [4.78, 5) is 38.4. The van der Waals surface area contributed by atoms with Crippen molar-refractivity contribution in [3.8, 4) is 0 Å². The number of carbonyl (C=O) groups is 3. The van der Waals surface area contributed by atoms with Crippen molar-refractivity contribution >= 4 is 35.0 Å². The Balaban J connectivity index is 1.69. The van der Waals surface area contributed by atoms with Gasteiger partial charge in [-0.25, -0.2) is 0 Å². The Labute approximate surface area is 200 Å². The van der Waals surface area contributed by atoms with Crippen LogP contribution in [0.5, 0.6) is 0 Å². The van der Waals surface area contributed by atoms with Gasteiger partial charge in [0.15, 0.2) is 0 Å². The van der Waals surface area contributed by atoms with Crippen molar-refractivity contribution in [2.45, 2.75) is 65.0 Å². The largest absolute Gasteiger partial charge is 0.349 e. The molecular weight excluding hydrogens is 438 g/mol. The second-order valence-electron chi connectivity index (χ2n) is 9.05. The highest BCUT2D eigenvalue weighted by Gasteiger charge is 2.25. The minimum Gasteiger partial charge on any atom is -0.349 e. The molecule has 2 aromatic rings. The molecule has 7 heteroatoms. The van der Waals surface area contributed by atoms with E-state index in [0.29, 0.717) is 21.8 Å². The molecule has 1 atom stereocenters. The lowest BCUT2D eigenvalue weighted by molar-refractivity contribution is -0.118. The Kier molecular flexibility index (Phi) is 8.50. The number of halogens is 1. The van der Waals surface area contributed by atoms with E-state index in [1.165, 1.54) is 6.42 Å². The number of amides is 3. The van der Waals surface area contributed by atoms with E-state index in [2.05, 4.69) is 16.0 Å². The van der Waals surface area contributed by atoms with Gasteiger partial charge in [-0.05, 0) is 56.0 Å². The summed E-state index contributed by atoms with van der Waals surface area (Å²) in [5, 5.41) is 9.02. The molecule has 1 fully saturated rings. The van der Waals surface area contributed by atoms with Gasteiger partial charge in [-0.2, -0.15) is 0 Å². The van der Waals surface area contributed by atoms with Gasteiger partial charge in [0, 0.05) is 17.3 Å². The fourth-order valence-corrected chi connectivity index (χ4v) is 4.17. The molecule has 6 nitrogen and oxygen atoms in total. The number of aryl methyl sites for hydroxylation is 1. The van der Waals surface area contributed by atoms with Crippen LogP contribution in [0.1, 0.15) is 72.2 Å². The van der Waals surface area contributed by atoms with Gasteiger partial charge in [-0.15, -0.1) is 0 Å². The highest BCUT2D eigenvalue weighted by Crippen LogP contribution is 2.23. The maximum absolute atomic E-state index is 13.0. The molecule has 0 aliphatic heterocycles. The summed E-state index contributed by atoms with van der Waals surface area (Å²) in [6.07, 6.45) is 5.36. The molecule has 3 amide bonds. The van der Waals surface area contributed by atoms with Crippen LogP contribution in [0.15, 0.2) is 42.5 Å². The summed E-state index contributed by atoms with van der Waals surface area (Å²) in [6.45, 7) is 5.68. The van der Waals surface area contributed by atoms with Crippen LogP contribution in [-0.2, 0) is 4.79 Å². The number of hydrogen-bond donors (Lipinski definition) is 3. The summed E-state index contributed by atoms with van der Waals surface area (Å²) in [7, 11) is 0. The highest BCUT2D eigenvalue weighted by molar-refractivity contribution is 6.34. The fourth-order valence-electron chi connectivity index (χ4n) is 3.97. The van der Waals surface area contributed by atoms with Gasteiger partial charge in [0.2, 0.25) is 5.91 Å². The summed E-state index contributed by atoms with van der Waals surface area (Å²) in [5.74, 6) is -1.05.